The first-order chi connectivity index (χ1) is 16.7. The van der Waals surface area contributed by atoms with Crippen LogP contribution in [0.3, 0.4) is 0 Å². The van der Waals surface area contributed by atoms with E-state index in [1.807, 2.05) is 30.3 Å². The molecule has 35 heavy (non-hydrogen) atoms. The number of rotatable bonds is 7. The highest BCUT2D eigenvalue weighted by Crippen LogP contribution is 2.41. The van der Waals surface area contributed by atoms with Crippen molar-refractivity contribution in [3.05, 3.63) is 95.8 Å². The van der Waals surface area contributed by atoms with Gasteiger partial charge in [-0.05, 0) is 53.1 Å². The van der Waals surface area contributed by atoms with Crippen LogP contribution in [-0.2, 0) is 11.3 Å². The van der Waals surface area contributed by atoms with Crippen molar-refractivity contribution in [3.8, 4) is 11.1 Å². The molecule has 3 aromatic rings. The summed E-state index contributed by atoms with van der Waals surface area (Å²) in [6, 6.07) is 25.6. The first-order valence-electron chi connectivity index (χ1n) is 12.6. The average molecular weight is 496 g/mol. The summed E-state index contributed by atoms with van der Waals surface area (Å²) >= 11 is 0. The van der Waals surface area contributed by atoms with Gasteiger partial charge in [-0.3, -0.25) is 4.90 Å². The largest absolute Gasteiger partial charge is 0.392 e. The van der Waals surface area contributed by atoms with Gasteiger partial charge in [-0.25, -0.2) is 4.39 Å². The molecule has 0 bridgehead atoms. The molecule has 3 nitrogen and oxygen atoms in total. The molecule has 0 radical (unpaired) electrons. The second kappa shape index (κ2) is 12.1. The molecule has 1 N–H and O–H groups in total. The molecule has 2 aliphatic rings. The number of hydrogen-bond acceptors (Lipinski definition) is 3. The highest BCUT2D eigenvalue weighted by atomic mass is 35.5. The number of benzene rings is 3. The van der Waals surface area contributed by atoms with Crippen molar-refractivity contribution in [2.24, 2.45) is 5.92 Å². The lowest BCUT2D eigenvalue weighted by Gasteiger charge is -2.41. The van der Waals surface area contributed by atoms with Gasteiger partial charge < -0.3 is 9.84 Å². The van der Waals surface area contributed by atoms with E-state index in [4.69, 9.17) is 4.74 Å². The van der Waals surface area contributed by atoms with Crippen molar-refractivity contribution in [3.63, 3.8) is 0 Å². The van der Waals surface area contributed by atoms with Crippen molar-refractivity contribution >= 4 is 12.4 Å². The van der Waals surface area contributed by atoms with Gasteiger partial charge in [0.1, 0.15) is 5.82 Å². The van der Waals surface area contributed by atoms with Crippen LogP contribution in [0.4, 0.5) is 4.39 Å². The van der Waals surface area contributed by atoms with Gasteiger partial charge in [0, 0.05) is 25.6 Å². The maximum Gasteiger partial charge on any atom is 0.123 e. The van der Waals surface area contributed by atoms with Crippen LogP contribution in [-0.4, -0.2) is 41.9 Å². The average Bonchev–Trinajstić information content (AvgIpc) is 3.41. The number of nitrogens with zero attached hydrogens (tertiary/aromatic N) is 1. The van der Waals surface area contributed by atoms with Gasteiger partial charge in [0.2, 0.25) is 0 Å². The van der Waals surface area contributed by atoms with Crippen LogP contribution in [0.15, 0.2) is 78.9 Å². The molecule has 5 rings (SSSR count). The first kappa shape index (κ1) is 25.8. The number of aliphatic hydroxyl groups excluding tert-OH is 1. The SMILES string of the molecule is Cl.OC(C1CCCC1)C(c1cc(F)ccc1-c1ccccc1)C1CN(Cc2ccccc2)CCO1. The third kappa shape index (κ3) is 6.13. The van der Waals surface area contributed by atoms with Crippen molar-refractivity contribution in [1.82, 2.24) is 4.90 Å². The fourth-order valence-electron chi connectivity index (χ4n) is 5.82. The number of aliphatic hydroxyl groups is 1. The first-order valence-corrected chi connectivity index (χ1v) is 12.6. The Kier molecular flexibility index (Phi) is 8.96. The number of halogens is 2. The predicted octanol–water partition coefficient (Wildman–Crippen LogP) is 6.45. The zero-order chi connectivity index (χ0) is 23.3. The zero-order valence-electron chi connectivity index (χ0n) is 20.1. The van der Waals surface area contributed by atoms with Gasteiger partial charge in [0.25, 0.3) is 0 Å². The van der Waals surface area contributed by atoms with E-state index >= 15 is 0 Å². The fourth-order valence-corrected chi connectivity index (χ4v) is 5.82. The van der Waals surface area contributed by atoms with E-state index in [2.05, 4.69) is 41.3 Å². The normalized spacial score (nSPS) is 20.8. The van der Waals surface area contributed by atoms with Gasteiger partial charge in [-0.1, -0.05) is 79.6 Å². The molecule has 5 heteroatoms. The van der Waals surface area contributed by atoms with Gasteiger partial charge >= 0.3 is 0 Å². The Morgan fingerprint density at radius 3 is 2.34 bits per heavy atom. The summed E-state index contributed by atoms with van der Waals surface area (Å²) in [5.74, 6) is -0.326. The Morgan fingerprint density at radius 1 is 0.943 bits per heavy atom. The molecular weight excluding hydrogens is 461 g/mol. The Labute approximate surface area is 214 Å². The summed E-state index contributed by atoms with van der Waals surface area (Å²) in [6.07, 6.45) is 3.58. The van der Waals surface area contributed by atoms with Crippen LogP contribution in [0.5, 0.6) is 0 Å². The smallest absolute Gasteiger partial charge is 0.123 e. The van der Waals surface area contributed by atoms with E-state index in [0.29, 0.717) is 13.2 Å². The summed E-state index contributed by atoms with van der Waals surface area (Å²) < 4.78 is 21.0. The van der Waals surface area contributed by atoms with Crippen LogP contribution in [0.1, 0.15) is 42.7 Å². The Bertz CT molecular complexity index is 1060. The maximum absolute atomic E-state index is 14.7. The highest BCUT2D eigenvalue weighted by molar-refractivity contribution is 5.85. The van der Waals surface area contributed by atoms with Crippen LogP contribution >= 0.6 is 12.4 Å². The minimum absolute atomic E-state index is 0. The van der Waals surface area contributed by atoms with Gasteiger partial charge in [0.05, 0.1) is 18.8 Å². The molecule has 1 aliphatic carbocycles. The maximum atomic E-state index is 14.7. The molecule has 2 fully saturated rings. The lowest BCUT2D eigenvalue weighted by molar-refractivity contribution is -0.0746. The minimum Gasteiger partial charge on any atom is -0.392 e. The summed E-state index contributed by atoms with van der Waals surface area (Å²) in [6.45, 7) is 3.03. The Hall–Kier alpha value is -2.24. The molecule has 3 unspecified atom stereocenters. The molecule has 1 saturated carbocycles. The zero-order valence-corrected chi connectivity index (χ0v) is 20.9. The highest BCUT2D eigenvalue weighted by Gasteiger charge is 2.39. The number of hydrogen-bond donors (Lipinski definition) is 1. The van der Waals surface area contributed by atoms with Crippen molar-refractivity contribution in [2.75, 3.05) is 19.7 Å². The molecule has 1 saturated heterocycles. The topological polar surface area (TPSA) is 32.7 Å². The summed E-state index contributed by atoms with van der Waals surface area (Å²) in [4.78, 5) is 2.40. The van der Waals surface area contributed by atoms with Crippen LogP contribution in [0.25, 0.3) is 11.1 Å². The molecule has 3 aromatic carbocycles. The summed E-state index contributed by atoms with van der Waals surface area (Å²) in [7, 11) is 0. The summed E-state index contributed by atoms with van der Waals surface area (Å²) in [5, 5.41) is 11.7. The lowest BCUT2D eigenvalue weighted by Crippen LogP contribution is -2.48. The van der Waals surface area contributed by atoms with Gasteiger partial charge in [-0.15, -0.1) is 12.4 Å². The monoisotopic (exact) mass is 495 g/mol. The van der Waals surface area contributed by atoms with Crippen LogP contribution in [0.2, 0.25) is 0 Å². The van der Waals surface area contributed by atoms with Crippen molar-refractivity contribution in [2.45, 2.75) is 50.4 Å². The third-order valence-electron chi connectivity index (χ3n) is 7.54. The van der Waals surface area contributed by atoms with Crippen molar-refractivity contribution < 1.29 is 14.2 Å². The minimum atomic E-state index is -0.562. The van der Waals surface area contributed by atoms with E-state index in [9.17, 15) is 9.50 Å². The number of morpholine rings is 1. The number of ether oxygens (including phenoxy) is 1. The predicted molar refractivity (Wildman–Crippen MR) is 141 cm³/mol. The van der Waals surface area contributed by atoms with E-state index < -0.39 is 6.10 Å². The van der Waals surface area contributed by atoms with E-state index in [1.54, 1.807) is 6.07 Å². The molecule has 0 spiro atoms. The molecular formula is C30H35ClFNO2. The summed E-state index contributed by atoms with van der Waals surface area (Å²) in [5.41, 5.74) is 4.15. The lowest BCUT2D eigenvalue weighted by atomic mass is 9.78. The van der Waals surface area contributed by atoms with Crippen LogP contribution < -0.4 is 0 Å². The van der Waals surface area contributed by atoms with Gasteiger partial charge in [-0.2, -0.15) is 0 Å². The second-order valence-corrected chi connectivity index (χ2v) is 9.79. The van der Waals surface area contributed by atoms with E-state index in [0.717, 1.165) is 55.5 Å². The standard InChI is InChI=1S/C30H34FNO2.ClH/c31-25-15-16-26(23-11-5-2-6-12-23)27(19-25)29(30(33)24-13-7-8-14-24)28-21-32(17-18-34-28)20-22-9-3-1-4-10-22;/h1-6,9-12,15-16,19,24,28-30,33H,7-8,13-14,17-18,20-21H2;1H. The molecule has 1 aliphatic heterocycles. The molecule has 0 aromatic heterocycles. The Morgan fingerprint density at radius 2 is 1.63 bits per heavy atom. The molecule has 186 valence electrons. The molecule has 0 amide bonds. The molecule has 3 atom stereocenters. The van der Waals surface area contributed by atoms with Crippen LogP contribution in [0, 0.1) is 11.7 Å². The van der Waals surface area contributed by atoms with E-state index in [-0.39, 0.29) is 36.2 Å². The quantitative estimate of drug-likeness (QED) is 0.409. The second-order valence-electron chi connectivity index (χ2n) is 9.79. The Balaban J connectivity index is 0.00000289. The van der Waals surface area contributed by atoms with Crippen molar-refractivity contribution in [1.29, 1.82) is 0 Å². The fraction of sp³-hybridized carbons (Fsp3) is 0.400. The molecule has 1 heterocycles. The van der Waals surface area contributed by atoms with E-state index in [1.165, 1.54) is 11.6 Å². The third-order valence-corrected chi connectivity index (χ3v) is 7.54. The van der Waals surface area contributed by atoms with Gasteiger partial charge in [0.15, 0.2) is 0 Å².